The van der Waals surface area contributed by atoms with Gasteiger partial charge in [-0.05, 0) is 31.5 Å². The van der Waals surface area contributed by atoms with Crippen molar-refractivity contribution in [1.29, 1.82) is 0 Å². The Morgan fingerprint density at radius 1 is 1.53 bits per heavy atom. The Hall–Kier alpha value is -1.86. The number of aliphatic hydroxyl groups is 1. The number of halogens is 1. The van der Waals surface area contributed by atoms with E-state index in [2.05, 4.69) is 17.2 Å². The maximum Gasteiger partial charge on any atom is 0.251 e. The lowest BCUT2D eigenvalue weighted by Crippen LogP contribution is -2.32. The van der Waals surface area contributed by atoms with E-state index >= 15 is 0 Å². The van der Waals surface area contributed by atoms with Crippen molar-refractivity contribution in [3.8, 4) is 11.8 Å². The van der Waals surface area contributed by atoms with Crippen LogP contribution in [0.3, 0.4) is 0 Å². The van der Waals surface area contributed by atoms with Crippen LogP contribution >= 0.6 is 0 Å². The third-order valence-corrected chi connectivity index (χ3v) is 2.63. The van der Waals surface area contributed by atoms with Crippen LogP contribution < -0.4 is 5.32 Å². The molecule has 1 aromatic carbocycles. The SMILES string of the molecule is CCCC(C)NC(=O)c1ccc(C#CCO)c(F)c1. The highest BCUT2D eigenvalue weighted by atomic mass is 19.1. The Labute approximate surface area is 112 Å². The standard InChI is InChI=1S/C15H18FNO2/c1-3-5-11(2)17-15(19)13-8-7-12(6-4-9-18)14(16)10-13/h7-8,10-11,18H,3,5,9H2,1-2H3,(H,17,19). The summed E-state index contributed by atoms with van der Waals surface area (Å²) < 4.78 is 13.7. The van der Waals surface area contributed by atoms with Crippen LogP contribution in [-0.2, 0) is 0 Å². The molecule has 1 amide bonds. The molecule has 1 aromatic rings. The van der Waals surface area contributed by atoms with Gasteiger partial charge in [0.25, 0.3) is 5.91 Å². The monoisotopic (exact) mass is 263 g/mol. The topological polar surface area (TPSA) is 49.3 Å². The maximum absolute atomic E-state index is 13.7. The highest BCUT2D eigenvalue weighted by molar-refractivity contribution is 5.94. The fraction of sp³-hybridized carbons (Fsp3) is 0.400. The number of rotatable bonds is 4. The summed E-state index contributed by atoms with van der Waals surface area (Å²) in [6.45, 7) is 3.63. The predicted octanol–water partition coefficient (Wildman–Crippen LogP) is 2.09. The van der Waals surface area contributed by atoms with E-state index in [1.54, 1.807) is 0 Å². The lowest BCUT2D eigenvalue weighted by molar-refractivity contribution is 0.0938. The highest BCUT2D eigenvalue weighted by Crippen LogP contribution is 2.10. The van der Waals surface area contributed by atoms with E-state index < -0.39 is 5.82 Å². The zero-order chi connectivity index (χ0) is 14.3. The van der Waals surface area contributed by atoms with Gasteiger partial charge in [-0.1, -0.05) is 25.2 Å². The second kappa shape index (κ2) is 7.55. The first kappa shape index (κ1) is 15.2. The molecule has 0 aromatic heterocycles. The summed E-state index contributed by atoms with van der Waals surface area (Å²) in [6, 6.07) is 4.19. The van der Waals surface area contributed by atoms with E-state index in [1.807, 2.05) is 13.8 Å². The Morgan fingerprint density at radius 2 is 2.26 bits per heavy atom. The number of carbonyl (C=O) groups excluding carboxylic acids is 1. The normalized spacial score (nSPS) is 11.4. The average Bonchev–Trinajstić information content (AvgIpc) is 2.37. The summed E-state index contributed by atoms with van der Waals surface area (Å²) in [7, 11) is 0. The van der Waals surface area contributed by atoms with Gasteiger partial charge < -0.3 is 10.4 Å². The van der Waals surface area contributed by atoms with E-state index in [1.165, 1.54) is 12.1 Å². The second-order valence-corrected chi connectivity index (χ2v) is 4.32. The quantitative estimate of drug-likeness (QED) is 0.817. The number of benzene rings is 1. The van der Waals surface area contributed by atoms with Crippen molar-refractivity contribution >= 4 is 5.91 Å². The van der Waals surface area contributed by atoms with Gasteiger partial charge in [0.2, 0.25) is 0 Å². The molecule has 0 aliphatic heterocycles. The first-order chi connectivity index (χ1) is 9.08. The number of carbonyl (C=O) groups is 1. The van der Waals surface area contributed by atoms with E-state index in [4.69, 9.17) is 5.11 Å². The number of hydrogen-bond acceptors (Lipinski definition) is 2. The molecule has 102 valence electrons. The summed E-state index contributed by atoms with van der Waals surface area (Å²) in [5, 5.41) is 11.4. The summed E-state index contributed by atoms with van der Waals surface area (Å²) in [5.41, 5.74) is 0.446. The molecule has 1 rings (SSSR count). The van der Waals surface area contributed by atoms with Crippen molar-refractivity contribution < 1.29 is 14.3 Å². The zero-order valence-electron chi connectivity index (χ0n) is 11.2. The van der Waals surface area contributed by atoms with Crippen LogP contribution in [0.15, 0.2) is 18.2 Å². The van der Waals surface area contributed by atoms with E-state index in [0.717, 1.165) is 18.9 Å². The Bertz CT molecular complexity index is 503. The molecular weight excluding hydrogens is 245 g/mol. The van der Waals surface area contributed by atoms with Crippen molar-refractivity contribution in [2.45, 2.75) is 32.7 Å². The molecule has 2 N–H and O–H groups in total. The molecular formula is C15H18FNO2. The first-order valence-electron chi connectivity index (χ1n) is 6.28. The van der Waals surface area contributed by atoms with Crippen LogP contribution in [-0.4, -0.2) is 23.7 Å². The van der Waals surface area contributed by atoms with Gasteiger partial charge in [0.05, 0.1) is 5.56 Å². The van der Waals surface area contributed by atoms with Crippen LogP contribution in [0, 0.1) is 17.7 Å². The van der Waals surface area contributed by atoms with Crippen molar-refractivity contribution in [1.82, 2.24) is 5.32 Å². The number of aliphatic hydroxyl groups excluding tert-OH is 1. The molecule has 0 radical (unpaired) electrons. The van der Waals surface area contributed by atoms with E-state index in [-0.39, 0.29) is 29.7 Å². The van der Waals surface area contributed by atoms with E-state index in [0.29, 0.717) is 0 Å². The molecule has 0 aliphatic carbocycles. The molecule has 0 fully saturated rings. The van der Waals surface area contributed by atoms with Crippen molar-refractivity contribution in [3.05, 3.63) is 35.1 Å². The van der Waals surface area contributed by atoms with Gasteiger partial charge >= 0.3 is 0 Å². The minimum Gasteiger partial charge on any atom is -0.384 e. The van der Waals surface area contributed by atoms with E-state index in [9.17, 15) is 9.18 Å². The summed E-state index contributed by atoms with van der Waals surface area (Å²) in [5.74, 6) is 4.00. The fourth-order valence-corrected chi connectivity index (χ4v) is 1.70. The van der Waals surface area contributed by atoms with Gasteiger partial charge in [0, 0.05) is 11.6 Å². The molecule has 19 heavy (non-hydrogen) atoms. The van der Waals surface area contributed by atoms with Crippen molar-refractivity contribution in [3.63, 3.8) is 0 Å². The molecule has 4 heteroatoms. The summed E-state index contributed by atoms with van der Waals surface area (Å²) in [6.07, 6.45) is 1.86. The summed E-state index contributed by atoms with van der Waals surface area (Å²) in [4.78, 5) is 11.9. The largest absolute Gasteiger partial charge is 0.384 e. The minimum atomic E-state index is -0.559. The molecule has 0 saturated carbocycles. The van der Waals surface area contributed by atoms with Crippen LogP contribution in [0.2, 0.25) is 0 Å². The smallest absolute Gasteiger partial charge is 0.251 e. The Morgan fingerprint density at radius 3 is 2.84 bits per heavy atom. The van der Waals surface area contributed by atoms with Crippen LogP contribution in [0.25, 0.3) is 0 Å². The maximum atomic E-state index is 13.7. The lowest BCUT2D eigenvalue weighted by atomic mass is 10.1. The van der Waals surface area contributed by atoms with Crippen LogP contribution in [0.5, 0.6) is 0 Å². The predicted molar refractivity (Wildman–Crippen MR) is 72.2 cm³/mol. The Kier molecular flexibility index (Phi) is 6.04. The first-order valence-corrected chi connectivity index (χ1v) is 6.28. The van der Waals surface area contributed by atoms with Crippen LogP contribution in [0.1, 0.15) is 42.6 Å². The molecule has 0 bridgehead atoms. The molecule has 0 heterocycles. The number of nitrogens with one attached hydrogen (secondary N) is 1. The Balaban J connectivity index is 2.80. The van der Waals surface area contributed by atoms with Gasteiger partial charge in [-0.2, -0.15) is 0 Å². The van der Waals surface area contributed by atoms with Crippen LogP contribution in [0.4, 0.5) is 4.39 Å². The van der Waals surface area contributed by atoms with Gasteiger partial charge in [-0.25, -0.2) is 4.39 Å². The van der Waals surface area contributed by atoms with Crippen molar-refractivity contribution in [2.24, 2.45) is 0 Å². The molecule has 0 aliphatic rings. The number of amides is 1. The third kappa shape index (κ3) is 4.72. The molecule has 0 spiro atoms. The zero-order valence-corrected chi connectivity index (χ0v) is 11.2. The van der Waals surface area contributed by atoms with Gasteiger partial charge in [-0.3, -0.25) is 4.79 Å². The molecule has 0 saturated heterocycles. The lowest BCUT2D eigenvalue weighted by Gasteiger charge is -2.12. The second-order valence-electron chi connectivity index (χ2n) is 4.32. The van der Waals surface area contributed by atoms with Gasteiger partial charge in [0.15, 0.2) is 0 Å². The summed E-state index contributed by atoms with van der Waals surface area (Å²) >= 11 is 0. The highest BCUT2D eigenvalue weighted by Gasteiger charge is 2.11. The number of hydrogen-bond donors (Lipinski definition) is 2. The van der Waals surface area contributed by atoms with Crippen molar-refractivity contribution in [2.75, 3.05) is 6.61 Å². The molecule has 1 atom stereocenters. The molecule has 3 nitrogen and oxygen atoms in total. The third-order valence-electron chi connectivity index (χ3n) is 2.63. The molecule has 1 unspecified atom stereocenters. The fourth-order valence-electron chi connectivity index (χ4n) is 1.70. The van der Waals surface area contributed by atoms with Gasteiger partial charge in [-0.15, -0.1) is 0 Å². The minimum absolute atomic E-state index is 0.0643. The van der Waals surface area contributed by atoms with Gasteiger partial charge in [0.1, 0.15) is 12.4 Å². The average molecular weight is 263 g/mol.